The van der Waals surface area contributed by atoms with Gasteiger partial charge in [-0.1, -0.05) is 0 Å². The monoisotopic (exact) mass is 1630 g/mol. The highest BCUT2D eigenvalue weighted by molar-refractivity contribution is 7.49. The molecule has 37 nitrogen and oxygen atoms in total. The van der Waals surface area contributed by atoms with Crippen LogP contribution in [0.25, 0.3) is 0 Å². The molecule has 14 rings (SSSR count). The Morgan fingerprint density at radius 2 is 0.865 bits per heavy atom. The van der Waals surface area contributed by atoms with E-state index in [1.807, 2.05) is 6.92 Å². The van der Waals surface area contributed by atoms with Crippen LogP contribution in [0, 0.1) is 0 Å². The first-order valence-electron chi connectivity index (χ1n) is 33.7. The van der Waals surface area contributed by atoms with Crippen molar-refractivity contribution >= 4 is 58.6 Å². The number of hydrogen-bond acceptors (Lipinski definition) is 31. The number of aromatic nitrogens is 6. The third-order valence-electron chi connectivity index (χ3n) is 16.7. The number of methoxy groups -OCH3 is 3. The molecule has 602 valence electrons. The summed E-state index contributed by atoms with van der Waals surface area (Å²) in [5, 5.41) is 7.29. The minimum Gasteiger partial charge on any atom is -0.497 e. The Morgan fingerprint density at radius 1 is 0.486 bits per heavy atom. The van der Waals surface area contributed by atoms with Crippen LogP contribution >= 0.6 is 23.5 Å². The first kappa shape index (κ1) is 81.6. The molecular weight excluding hydrogens is 1560 g/mol. The fourth-order valence-corrected chi connectivity index (χ4v) is 16.7. The fraction of sp³-hybridized carbons (Fsp3) is 0.492. The molecule has 14 atom stereocenters. The average Bonchev–Trinajstić information content (AvgIpc) is 1.60. The number of hydrogen-bond donors (Lipinski definition) is 3. The largest absolute Gasteiger partial charge is 0.497 e. The van der Waals surface area contributed by atoms with Gasteiger partial charge in [-0.15, -0.1) is 0 Å². The van der Waals surface area contributed by atoms with Crippen molar-refractivity contribution in [3.8, 4) is 40.2 Å². The summed E-state index contributed by atoms with van der Waals surface area (Å²) in [6, 6.07) is 15.5. The molecule has 11 heterocycles. The van der Waals surface area contributed by atoms with Gasteiger partial charge in [0.15, 0.2) is 52.8 Å². The van der Waals surface area contributed by atoms with Crippen molar-refractivity contribution < 1.29 is 143 Å². The molecule has 3 N–H and O–H groups in total. The summed E-state index contributed by atoms with van der Waals surface area (Å²) < 4.78 is 230. The Hall–Kier alpha value is -8.90. The van der Waals surface area contributed by atoms with Crippen molar-refractivity contribution in [1.82, 2.24) is 28.7 Å². The lowest BCUT2D eigenvalue weighted by atomic mass is 10.1. The van der Waals surface area contributed by atoms with E-state index < -0.39 is 176 Å². The number of rotatable bonds is 18. The summed E-state index contributed by atoms with van der Waals surface area (Å²) in [5.74, 6) is -11.5. The SMILES string of the molecule is CC(C)OP1(=O)OC[C@H]2OC(n3ccc(NC(=O)c4ccc5c(c4)OC(C)CO5)nc3=O)C(F)(F)[C@@H]2O1.CC(C)OP1(=O)OC[C@H]2OC(n3ccc(NC(=O)c4ccc5c(c4)OC(C)O5)nc3=O)C(F)(F)[C@@H]2O1.COc1cc(OC)c(OC)c(C(=O)Nc2ccn(C3O[C@@H]4COP(=O)(OC(C)C)O[C@H]4C3(F)F)c(=O)n2)c1. The number of carbonyl (C=O) groups is 3. The number of fused-ring (bicyclic) bond motifs is 5. The van der Waals surface area contributed by atoms with Crippen LogP contribution in [0.1, 0.15) is 105 Å². The molecule has 46 heteroatoms. The topological polar surface area (TPSA) is 419 Å². The molecule has 111 heavy (non-hydrogen) atoms. The average molecular weight is 1630 g/mol. The predicted octanol–water partition coefficient (Wildman–Crippen LogP) is 9.23. The van der Waals surface area contributed by atoms with Crippen molar-refractivity contribution in [2.24, 2.45) is 0 Å². The summed E-state index contributed by atoms with van der Waals surface area (Å²) >= 11 is 0. The van der Waals surface area contributed by atoms with E-state index in [1.54, 1.807) is 46.8 Å². The Bertz CT molecular complexity index is 4890. The van der Waals surface area contributed by atoms with Crippen LogP contribution in [0.5, 0.6) is 40.2 Å². The Labute approximate surface area is 624 Å². The number of phosphoric ester groups is 3. The van der Waals surface area contributed by atoms with E-state index in [0.29, 0.717) is 49.1 Å². The number of nitrogens with zero attached hydrogens (tertiary/aromatic N) is 6. The lowest BCUT2D eigenvalue weighted by molar-refractivity contribution is -0.139. The smallest absolute Gasteiger partial charge is 0.475 e. The van der Waals surface area contributed by atoms with Gasteiger partial charge in [-0.3, -0.25) is 68.8 Å². The summed E-state index contributed by atoms with van der Waals surface area (Å²) in [6.45, 7) is 11.7. The van der Waals surface area contributed by atoms with Crippen LogP contribution < -0.4 is 66.2 Å². The second kappa shape index (κ2) is 31.9. The number of phosphoric acid groups is 3. The standard InChI is InChI=1S/C22H26F2N3O10P.C22H24F2N3O9P.C21H22F2N3O9P/c1-11(2)36-38(30)34-10-15-18(37-38)22(23,24)20(35-15)27-7-6-16(26-21(27)29)25-19(28)13-8-12(31-3)9-14(32-4)17(13)33-5;1-11(2)35-37(30)32-10-16-18(36-37)22(23,24)20(34-16)27-7-6-17(26-21(27)29)25-19(28)13-4-5-14-15(8-13)33-12(3)9-31-14;1-10(2)34-36(29)30-9-15-17(35-36)21(22,23)19(33-15)26-7-6-16(25-20(26)28)24-18(27)12-4-5-13-14(8-12)32-11(3)31-13/h6-9,11,15,18,20H,10H2,1-5H3,(H,25,26,28,29);4-8,11-12,16,18,20H,9-10H2,1-3H3,(H,25,26,28,29);4-8,10-11,15,17,19H,9H2,1-3H3,(H,24,25,27,28)/t15-,18-,20?,38?;12?,16-,18-,20?,37?;11?,15-,17-,19?,36?/m111/s1. The Morgan fingerprint density at radius 3 is 1.23 bits per heavy atom. The molecule has 0 spiro atoms. The number of nitrogens with one attached hydrogen (secondary N) is 3. The van der Waals surface area contributed by atoms with Crippen molar-refractivity contribution in [1.29, 1.82) is 0 Å². The molecule has 3 aromatic heterocycles. The molecule has 8 aliphatic rings. The molecular formula is C65H72F6N9O28P3. The number of amides is 3. The van der Waals surface area contributed by atoms with Crippen molar-refractivity contribution in [2.75, 3.05) is 63.7 Å². The van der Waals surface area contributed by atoms with Crippen LogP contribution in [-0.2, 0) is 68.6 Å². The summed E-state index contributed by atoms with van der Waals surface area (Å²) in [4.78, 5) is 87.2. The third-order valence-corrected chi connectivity index (χ3v) is 21.6. The molecule has 3 amide bonds. The van der Waals surface area contributed by atoms with Crippen LogP contribution in [0.4, 0.5) is 43.8 Å². The molecule has 6 aromatic rings. The van der Waals surface area contributed by atoms with Crippen molar-refractivity contribution in [3.05, 3.63) is 133 Å². The zero-order chi connectivity index (χ0) is 80.2. The first-order chi connectivity index (χ1) is 52.3. The maximum absolute atomic E-state index is 15.3. The Balaban J connectivity index is 0.000000155. The second-order valence-electron chi connectivity index (χ2n) is 26.0. The highest BCUT2D eigenvalue weighted by Gasteiger charge is 2.68. The third kappa shape index (κ3) is 17.4. The quantitative estimate of drug-likeness (QED) is 0.0532. The number of carbonyl (C=O) groups excluding carboxylic acids is 3. The van der Waals surface area contributed by atoms with Crippen LogP contribution in [0.2, 0.25) is 0 Å². The number of benzene rings is 3. The lowest BCUT2D eigenvalue weighted by Crippen LogP contribution is -2.45. The highest BCUT2D eigenvalue weighted by atomic mass is 31.2. The van der Waals surface area contributed by atoms with Gasteiger partial charge in [-0.05, 0) is 109 Å². The van der Waals surface area contributed by atoms with Gasteiger partial charge in [0.1, 0.15) is 54.2 Å². The fourth-order valence-electron chi connectivity index (χ4n) is 11.9. The van der Waals surface area contributed by atoms with E-state index in [-0.39, 0.29) is 51.7 Å². The highest BCUT2D eigenvalue weighted by Crippen LogP contribution is 2.63. The van der Waals surface area contributed by atoms with Crippen LogP contribution in [0.15, 0.2) is 99.7 Å². The van der Waals surface area contributed by atoms with Gasteiger partial charge < -0.3 is 63.3 Å². The van der Waals surface area contributed by atoms with Gasteiger partial charge in [0.25, 0.3) is 17.7 Å². The van der Waals surface area contributed by atoms with E-state index in [0.717, 1.165) is 24.7 Å². The summed E-state index contributed by atoms with van der Waals surface area (Å²) in [5.41, 5.74) is -2.95. The minimum absolute atomic E-state index is 0.00890. The molecule has 0 radical (unpaired) electrons. The van der Waals surface area contributed by atoms with E-state index in [9.17, 15) is 42.5 Å². The zero-order valence-electron chi connectivity index (χ0n) is 60.2. The number of ether oxygens (including phenoxy) is 10. The molecule has 8 aliphatic heterocycles. The van der Waals surface area contributed by atoms with E-state index in [1.165, 1.54) is 83.7 Å². The first-order valence-corrected chi connectivity index (χ1v) is 38.1. The molecule has 6 fully saturated rings. The van der Waals surface area contributed by atoms with E-state index in [4.69, 9.17) is 88.1 Å². The zero-order valence-corrected chi connectivity index (χ0v) is 62.9. The normalized spacial score (nSPS) is 28.8. The van der Waals surface area contributed by atoms with Crippen LogP contribution in [-0.4, -0.2) is 179 Å². The van der Waals surface area contributed by atoms with Crippen molar-refractivity contribution in [2.45, 2.75) is 159 Å². The maximum Gasteiger partial charge on any atom is 0.475 e. The van der Waals surface area contributed by atoms with Gasteiger partial charge >= 0.3 is 58.3 Å². The van der Waals surface area contributed by atoms with Gasteiger partial charge in [0, 0.05) is 42.7 Å². The second-order valence-corrected chi connectivity index (χ2v) is 30.7. The van der Waals surface area contributed by atoms with E-state index in [2.05, 4.69) is 30.9 Å². The number of halogens is 6. The minimum atomic E-state index is -4.26. The number of anilines is 3. The summed E-state index contributed by atoms with van der Waals surface area (Å²) in [6.07, 6.45) is -15.7. The van der Waals surface area contributed by atoms with Gasteiger partial charge in [-0.2, -0.15) is 41.3 Å². The van der Waals surface area contributed by atoms with Gasteiger partial charge in [0.2, 0.25) is 25.0 Å². The lowest BCUT2D eigenvalue weighted by Gasteiger charge is -2.32. The van der Waals surface area contributed by atoms with Gasteiger partial charge in [0.05, 0.1) is 65.0 Å². The summed E-state index contributed by atoms with van der Waals surface area (Å²) in [7, 11) is -8.63. The Kier molecular flexibility index (Phi) is 23.5. The van der Waals surface area contributed by atoms with Gasteiger partial charge in [-0.25, -0.2) is 28.1 Å². The molecule has 0 bridgehead atoms. The molecule has 3 aromatic carbocycles. The molecule has 0 aliphatic carbocycles. The maximum atomic E-state index is 15.3. The molecule has 8 unspecified atom stereocenters. The predicted molar refractivity (Wildman–Crippen MR) is 365 cm³/mol. The molecule has 0 saturated carbocycles. The number of alkyl halides is 6. The molecule has 6 saturated heterocycles. The van der Waals surface area contributed by atoms with Crippen molar-refractivity contribution in [3.63, 3.8) is 0 Å². The van der Waals surface area contributed by atoms with Crippen LogP contribution in [0.3, 0.4) is 0 Å². The van der Waals surface area contributed by atoms with E-state index >= 15 is 26.3 Å².